The van der Waals surface area contributed by atoms with Crippen molar-refractivity contribution in [2.75, 3.05) is 5.32 Å². The number of anilines is 1. The van der Waals surface area contributed by atoms with Gasteiger partial charge >= 0.3 is 0 Å². The summed E-state index contributed by atoms with van der Waals surface area (Å²) in [5.41, 5.74) is 3.89. The third-order valence-corrected chi connectivity index (χ3v) is 4.91. The Bertz CT molecular complexity index is 929. The quantitative estimate of drug-likeness (QED) is 0.591. The lowest BCUT2D eigenvalue weighted by Gasteiger charge is -2.07. The highest BCUT2D eigenvalue weighted by atomic mass is 127. The van der Waals surface area contributed by atoms with Crippen LogP contribution in [0.3, 0.4) is 0 Å². The Morgan fingerprint density at radius 2 is 1.92 bits per heavy atom. The van der Waals surface area contributed by atoms with Gasteiger partial charge in [-0.05, 0) is 54.1 Å². The first-order valence-electron chi connectivity index (χ1n) is 7.64. The van der Waals surface area contributed by atoms with Gasteiger partial charge in [-0.15, -0.1) is 0 Å². The summed E-state index contributed by atoms with van der Waals surface area (Å²) in [5.74, 6) is -0.234. The van der Waals surface area contributed by atoms with Crippen LogP contribution in [0.5, 0.6) is 0 Å². The molecule has 0 spiro atoms. The molecule has 1 N–H and O–H groups in total. The Kier molecular flexibility index (Phi) is 5.14. The molecule has 3 rings (SSSR count). The first-order chi connectivity index (χ1) is 11.8. The standard InChI is InChI=1S/C17H17ClIN5O/c1-10-15(20-17(25)16-14(19)9-23(3)22-16)11(2)24(21-10)8-12-4-6-13(18)7-5-12/h4-7,9H,8H2,1-3H3,(H,20,25). The third kappa shape index (κ3) is 3.87. The lowest BCUT2D eigenvalue weighted by atomic mass is 10.2. The highest BCUT2D eigenvalue weighted by molar-refractivity contribution is 14.1. The van der Waals surface area contributed by atoms with Crippen molar-refractivity contribution in [3.05, 3.63) is 61.7 Å². The van der Waals surface area contributed by atoms with E-state index in [2.05, 4.69) is 38.1 Å². The van der Waals surface area contributed by atoms with Gasteiger partial charge < -0.3 is 5.32 Å². The van der Waals surface area contributed by atoms with E-state index < -0.39 is 0 Å². The summed E-state index contributed by atoms with van der Waals surface area (Å²) in [6.45, 7) is 4.43. The van der Waals surface area contributed by atoms with E-state index in [0.29, 0.717) is 17.3 Å². The minimum Gasteiger partial charge on any atom is -0.317 e. The van der Waals surface area contributed by atoms with E-state index in [9.17, 15) is 4.79 Å². The van der Waals surface area contributed by atoms with E-state index in [0.717, 1.165) is 26.2 Å². The maximum Gasteiger partial charge on any atom is 0.277 e. The first kappa shape index (κ1) is 17.9. The molecule has 1 amide bonds. The molecule has 3 aromatic rings. The topological polar surface area (TPSA) is 64.7 Å². The third-order valence-electron chi connectivity index (χ3n) is 3.86. The van der Waals surface area contributed by atoms with Crippen LogP contribution in [0.1, 0.15) is 27.4 Å². The molecule has 2 heterocycles. The zero-order valence-electron chi connectivity index (χ0n) is 14.0. The fourth-order valence-corrected chi connectivity index (χ4v) is 3.46. The Balaban J connectivity index is 1.83. The van der Waals surface area contributed by atoms with Gasteiger partial charge in [0, 0.05) is 18.3 Å². The van der Waals surface area contributed by atoms with Gasteiger partial charge in [0.25, 0.3) is 5.91 Å². The molecule has 0 unspecified atom stereocenters. The first-order valence-corrected chi connectivity index (χ1v) is 9.09. The summed E-state index contributed by atoms with van der Waals surface area (Å²) in [5, 5.41) is 12.4. The van der Waals surface area contributed by atoms with E-state index in [1.54, 1.807) is 17.9 Å². The summed E-state index contributed by atoms with van der Waals surface area (Å²) in [6, 6.07) is 7.64. The highest BCUT2D eigenvalue weighted by Crippen LogP contribution is 2.22. The van der Waals surface area contributed by atoms with Gasteiger partial charge in [-0.25, -0.2) is 0 Å². The van der Waals surface area contributed by atoms with Crippen LogP contribution >= 0.6 is 34.2 Å². The Morgan fingerprint density at radius 1 is 1.24 bits per heavy atom. The number of halogens is 2. The van der Waals surface area contributed by atoms with Crippen molar-refractivity contribution in [1.82, 2.24) is 19.6 Å². The molecule has 0 aliphatic heterocycles. The lowest BCUT2D eigenvalue weighted by molar-refractivity contribution is 0.102. The molecular formula is C17H17ClIN5O. The van der Waals surface area contributed by atoms with Crippen LogP contribution in [-0.4, -0.2) is 25.5 Å². The number of hydrogen-bond acceptors (Lipinski definition) is 3. The van der Waals surface area contributed by atoms with Crippen LogP contribution in [0.15, 0.2) is 30.5 Å². The number of rotatable bonds is 4. The molecule has 0 radical (unpaired) electrons. The molecule has 0 fully saturated rings. The van der Waals surface area contributed by atoms with Crippen LogP contribution in [-0.2, 0) is 13.6 Å². The van der Waals surface area contributed by atoms with Crippen LogP contribution in [0.4, 0.5) is 5.69 Å². The number of benzene rings is 1. The molecule has 0 saturated heterocycles. The Hall–Kier alpha value is -1.87. The molecule has 130 valence electrons. The zero-order valence-corrected chi connectivity index (χ0v) is 17.0. The molecule has 2 aromatic heterocycles. The van der Waals surface area contributed by atoms with Gasteiger partial charge in [0.2, 0.25) is 0 Å². The molecule has 0 bridgehead atoms. The van der Waals surface area contributed by atoms with Crippen molar-refractivity contribution in [3.63, 3.8) is 0 Å². The van der Waals surface area contributed by atoms with Gasteiger partial charge in [0.15, 0.2) is 5.69 Å². The van der Waals surface area contributed by atoms with Crippen LogP contribution < -0.4 is 5.32 Å². The molecule has 0 atom stereocenters. The maximum absolute atomic E-state index is 12.5. The SMILES string of the molecule is Cc1nn(Cc2ccc(Cl)cc2)c(C)c1NC(=O)c1nn(C)cc1I. The monoisotopic (exact) mass is 469 g/mol. The van der Waals surface area contributed by atoms with Crippen molar-refractivity contribution in [2.45, 2.75) is 20.4 Å². The molecule has 25 heavy (non-hydrogen) atoms. The second-order valence-electron chi connectivity index (χ2n) is 5.78. The van der Waals surface area contributed by atoms with Crippen LogP contribution in [0.25, 0.3) is 0 Å². The number of nitrogens with zero attached hydrogens (tertiary/aromatic N) is 4. The summed E-state index contributed by atoms with van der Waals surface area (Å²) in [4.78, 5) is 12.5. The molecule has 0 saturated carbocycles. The summed E-state index contributed by atoms with van der Waals surface area (Å²) in [7, 11) is 1.79. The van der Waals surface area contributed by atoms with E-state index in [1.165, 1.54) is 0 Å². The predicted octanol–water partition coefficient (Wildman–Crippen LogP) is 3.79. The van der Waals surface area contributed by atoms with Crippen LogP contribution in [0.2, 0.25) is 5.02 Å². The van der Waals surface area contributed by atoms with E-state index in [-0.39, 0.29) is 5.91 Å². The second kappa shape index (κ2) is 7.17. The fraction of sp³-hybridized carbons (Fsp3) is 0.235. The highest BCUT2D eigenvalue weighted by Gasteiger charge is 2.19. The fourth-order valence-electron chi connectivity index (χ4n) is 2.58. The van der Waals surface area contributed by atoms with Gasteiger partial charge in [0.1, 0.15) is 0 Å². The normalized spacial score (nSPS) is 10.9. The predicted molar refractivity (Wildman–Crippen MR) is 106 cm³/mol. The minimum absolute atomic E-state index is 0.234. The Morgan fingerprint density at radius 3 is 2.52 bits per heavy atom. The largest absolute Gasteiger partial charge is 0.317 e. The summed E-state index contributed by atoms with van der Waals surface area (Å²) < 4.78 is 4.30. The van der Waals surface area contributed by atoms with Crippen LogP contribution in [0, 0.1) is 17.4 Å². The number of aryl methyl sites for hydroxylation is 2. The molecule has 1 aromatic carbocycles. The average Bonchev–Trinajstić information content (AvgIpc) is 3.03. The maximum atomic E-state index is 12.5. The van der Waals surface area contributed by atoms with Crippen molar-refractivity contribution < 1.29 is 4.79 Å². The van der Waals surface area contributed by atoms with Gasteiger partial charge in [-0.2, -0.15) is 10.2 Å². The number of carbonyl (C=O) groups excluding carboxylic acids is 1. The second-order valence-corrected chi connectivity index (χ2v) is 7.38. The van der Waals surface area contributed by atoms with Crippen molar-refractivity contribution >= 4 is 45.8 Å². The number of aromatic nitrogens is 4. The van der Waals surface area contributed by atoms with Gasteiger partial charge in [-0.1, -0.05) is 23.7 Å². The molecular weight excluding hydrogens is 453 g/mol. The van der Waals surface area contributed by atoms with Gasteiger partial charge in [0.05, 0.1) is 27.2 Å². The number of carbonyl (C=O) groups is 1. The molecule has 0 aliphatic rings. The molecule has 6 nitrogen and oxygen atoms in total. The van der Waals surface area contributed by atoms with Crippen molar-refractivity contribution in [3.8, 4) is 0 Å². The molecule has 0 aliphatic carbocycles. The zero-order chi connectivity index (χ0) is 18.1. The summed E-state index contributed by atoms with van der Waals surface area (Å²) >= 11 is 8.03. The van der Waals surface area contributed by atoms with E-state index in [1.807, 2.05) is 42.8 Å². The number of nitrogens with one attached hydrogen (secondary N) is 1. The van der Waals surface area contributed by atoms with E-state index in [4.69, 9.17) is 11.6 Å². The van der Waals surface area contributed by atoms with Gasteiger partial charge in [-0.3, -0.25) is 14.2 Å². The lowest BCUT2D eigenvalue weighted by Crippen LogP contribution is -2.15. The van der Waals surface area contributed by atoms with Crippen molar-refractivity contribution in [1.29, 1.82) is 0 Å². The van der Waals surface area contributed by atoms with Crippen molar-refractivity contribution in [2.24, 2.45) is 7.05 Å². The number of amides is 1. The average molecular weight is 470 g/mol. The summed E-state index contributed by atoms with van der Waals surface area (Å²) in [6.07, 6.45) is 1.80. The smallest absolute Gasteiger partial charge is 0.277 e. The minimum atomic E-state index is -0.234. The van der Waals surface area contributed by atoms with E-state index >= 15 is 0 Å². The number of hydrogen-bond donors (Lipinski definition) is 1. The Labute approximate surface area is 164 Å². The molecule has 8 heteroatoms.